The van der Waals surface area contributed by atoms with Gasteiger partial charge in [0.1, 0.15) is 23.2 Å². The summed E-state index contributed by atoms with van der Waals surface area (Å²) in [4.78, 5) is 40.8. The van der Waals surface area contributed by atoms with Crippen molar-refractivity contribution in [3.05, 3.63) is 118 Å². The Morgan fingerprint density at radius 1 is 0.905 bits per heavy atom. The lowest BCUT2D eigenvalue weighted by Crippen LogP contribution is -2.71. The van der Waals surface area contributed by atoms with Gasteiger partial charge >= 0.3 is 5.97 Å². The van der Waals surface area contributed by atoms with Gasteiger partial charge in [0.25, 0.3) is 5.91 Å². The van der Waals surface area contributed by atoms with Crippen molar-refractivity contribution >= 4 is 41.1 Å². The number of β-lactam (4-membered cyclic amide) rings is 1. The van der Waals surface area contributed by atoms with E-state index in [4.69, 9.17) is 25.8 Å². The molecule has 11 heteroatoms. The van der Waals surface area contributed by atoms with Crippen LogP contribution in [0.2, 0.25) is 0 Å². The van der Waals surface area contributed by atoms with E-state index >= 15 is 0 Å². The third kappa shape index (κ3) is 7.21. The Kier molecular flexibility index (Phi) is 10.3. The normalized spacial score (nSPS) is 18.6. The highest BCUT2D eigenvalue weighted by atomic mass is 35.5. The summed E-state index contributed by atoms with van der Waals surface area (Å²) in [6.07, 6.45) is 0. The van der Waals surface area contributed by atoms with Crippen LogP contribution in [0.1, 0.15) is 22.7 Å². The molecule has 0 unspecified atom stereocenters. The first-order valence-electron chi connectivity index (χ1n) is 13.4. The number of carbonyl (C=O) groups is 3. The fourth-order valence-electron chi connectivity index (χ4n) is 4.60. The average Bonchev–Trinajstić information content (AvgIpc) is 3.03. The number of esters is 1. The van der Waals surface area contributed by atoms with Gasteiger partial charge in [0.05, 0.1) is 25.0 Å². The van der Waals surface area contributed by atoms with Crippen LogP contribution in [0.25, 0.3) is 0 Å². The van der Waals surface area contributed by atoms with Gasteiger partial charge in [-0.3, -0.25) is 19.8 Å². The molecule has 1 fully saturated rings. The number of nitrogens with one attached hydrogen (secondary N) is 2. The molecule has 0 spiro atoms. The van der Waals surface area contributed by atoms with Gasteiger partial charge in [-0.1, -0.05) is 103 Å². The topological polar surface area (TPSA) is 106 Å². The van der Waals surface area contributed by atoms with Crippen molar-refractivity contribution in [2.45, 2.75) is 30.7 Å². The summed E-state index contributed by atoms with van der Waals surface area (Å²) in [5.74, 6) is -1.29. The molecule has 0 aliphatic carbocycles. The lowest BCUT2D eigenvalue weighted by atomic mass is 10.0. The van der Waals surface area contributed by atoms with Gasteiger partial charge in [-0.05, 0) is 16.7 Å². The second-order valence-electron chi connectivity index (χ2n) is 9.56. The van der Waals surface area contributed by atoms with Gasteiger partial charge in [0.15, 0.2) is 6.79 Å². The average molecular weight is 608 g/mol. The van der Waals surface area contributed by atoms with Crippen molar-refractivity contribution in [3.63, 3.8) is 0 Å². The molecule has 3 aromatic rings. The molecule has 9 nitrogen and oxygen atoms in total. The van der Waals surface area contributed by atoms with E-state index in [1.165, 1.54) is 16.7 Å². The van der Waals surface area contributed by atoms with Gasteiger partial charge in [-0.25, -0.2) is 4.79 Å². The largest absolute Gasteiger partial charge is 0.434 e. The highest BCUT2D eigenvalue weighted by molar-refractivity contribution is 8.00. The Morgan fingerprint density at radius 2 is 1.50 bits per heavy atom. The summed E-state index contributed by atoms with van der Waals surface area (Å²) < 4.78 is 16.4. The first kappa shape index (κ1) is 29.8. The predicted octanol–water partition coefficient (Wildman–Crippen LogP) is 4.06. The molecule has 42 heavy (non-hydrogen) atoms. The molecular formula is C31H30ClN3O6S. The zero-order chi connectivity index (χ0) is 29.3. The van der Waals surface area contributed by atoms with Crippen LogP contribution in [0, 0.1) is 0 Å². The molecule has 0 saturated carbocycles. The molecule has 218 valence electrons. The van der Waals surface area contributed by atoms with Gasteiger partial charge < -0.3 is 19.5 Å². The second-order valence-corrected chi connectivity index (χ2v) is 11.1. The zero-order valence-electron chi connectivity index (χ0n) is 22.6. The number of nitrogens with zero attached hydrogens (tertiary/aromatic N) is 1. The van der Waals surface area contributed by atoms with E-state index in [-0.39, 0.29) is 36.8 Å². The lowest BCUT2D eigenvalue weighted by molar-refractivity contribution is -0.160. The molecule has 0 aromatic heterocycles. The third-order valence-corrected chi connectivity index (χ3v) is 8.44. The summed E-state index contributed by atoms with van der Waals surface area (Å²) in [6.45, 7) is 0.475. The van der Waals surface area contributed by atoms with E-state index in [1.54, 1.807) is 0 Å². The summed E-state index contributed by atoms with van der Waals surface area (Å²) in [5, 5.41) is 5.70. The van der Waals surface area contributed by atoms with E-state index in [0.29, 0.717) is 12.4 Å². The molecule has 2 aliphatic heterocycles. The molecule has 2 amide bonds. The highest BCUT2D eigenvalue weighted by Crippen LogP contribution is 2.41. The van der Waals surface area contributed by atoms with Crippen LogP contribution < -0.4 is 10.6 Å². The summed E-state index contributed by atoms with van der Waals surface area (Å²) in [6, 6.07) is 26.8. The van der Waals surface area contributed by atoms with Gasteiger partial charge in [0.2, 0.25) is 5.91 Å². The standard InChI is InChI=1S/C31H30ClN3O6S/c32-24-18-42-30-26(29(37)35(30)27(24)31(38)41-20-40-17-22-12-6-2-7-13-22)34-28(36)25(23-14-8-3-9-15-23)33-19-39-16-21-10-4-1-5-11-21/h1-15,25-26,30,33H,16-20H2,(H,34,36)/t25-,26-,30-/m1/s1. The van der Waals surface area contributed by atoms with Gasteiger partial charge in [0, 0.05) is 5.75 Å². The maximum atomic E-state index is 13.4. The molecule has 3 atom stereocenters. The van der Waals surface area contributed by atoms with E-state index in [2.05, 4.69) is 10.6 Å². The molecule has 0 bridgehead atoms. The smallest absolute Gasteiger partial charge is 0.358 e. The van der Waals surface area contributed by atoms with Crippen molar-refractivity contribution in [3.8, 4) is 0 Å². The van der Waals surface area contributed by atoms with Crippen LogP contribution >= 0.6 is 23.4 Å². The summed E-state index contributed by atoms with van der Waals surface area (Å²) in [7, 11) is 0. The van der Waals surface area contributed by atoms with E-state index in [9.17, 15) is 14.4 Å². The van der Waals surface area contributed by atoms with Gasteiger partial charge in [-0.2, -0.15) is 0 Å². The third-order valence-electron chi connectivity index (χ3n) is 6.69. The molecule has 2 aliphatic rings. The van der Waals surface area contributed by atoms with E-state index in [0.717, 1.165) is 16.7 Å². The Bertz CT molecular complexity index is 1410. The van der Waals surface area contributed by atoms with Gasteiger partial charge in [-0.15, -0.1) is 11.8 Å². The first-order chi connectivity index (χ1) is 20.5. The molecule has 1 saturated heterocycles. The van der Waals surface area contributed by atoms with Crippen LogP contribution in [-0.2, 0) is 41.8 Å². The second kappa shape index (κ2) is 14.5. The van der Waals surface area contributed by atoms with Crippen molar-refractivity contribution in [1.82, 2.24) is 15.5 Å². The number of halogens is 1. The van der Waals surface area contributed by atoms with Crippen molar-refractivity contribution in [2.75, 3.05) is 19.3 Å². The minimum Gasteiger partial charge on any atom is -0.434 e. The lowest BCUT2D eigenvalue weighted by Gasteiger charge is -2.49. The Labute approximate surface area is 253 Å². The molecule has 2 heterocycles. The number of amides is 2. The quantitative estimate of drug-likeness (QED) is 0.130. The number of hydrogen-bond acceptors (Lipinski definition) is 8. The monoisotopic (exact) mass is 607 g/mol. The van der Waals surface area contributed by atoms with Crippen molar-refractivity contribution in [1.29, 1.82) is 0 Å². The van der Waals surface area contributed by atoms with E-state index < -0.39 is 29.3 Å². The SMILES string of the molecule is O=C(OCOCc1ccccc1)C1=C(Cl)CS[C@@H]2[C@H](NC(=O)[C@H](NCOCc3ccccc3)c3ccccc3)C(=O)N12. The maximum absolute atomic E-state index is 13.4. The van der Waals surface area contributed by atoms with Crippen LogP contribution in [0.15, 0.2) is 102 Å². The van der Waals surface area contributed by atoms with Crippen LogP contribution in [-0.4, -0.2) is 53.4 Å². The van der Waals surface area contributed by atoms with Crippen LogP contribution in [0.4, 0.5) is 0 Å². The number of carbonyl (C=O) groups excluding carboxylic acids is 3. The minimum absolute atomic E-state index is 0.0220. The summed E-state index contributed by atoms with van der Waals surface area (Å²) in [5.41, 5.74) is 2.65. The molecule has 3 aromatic carbocycles. The van der Waals surface area contributed by atoms with Crippen molar-refractivity contribution < 1.29 is 28.6 Å². The predicted molar refractivity (Wildman–Crippen MR) is 159 cm³/mol. The Balaban J connectivity index is 1.17. The Morgan fingerprint density at radius 3 is 2.14 bits per heavy atom. The van der Waals surface area contributed by atoms with E-state index in [1.807, 2.05) is 91.0 Å². The molecule has 2 N–H and O–H groups in total. The fourth-order valence-corrected chi connectivity index (χ4v) is 6.15. The minimum atomic E-state index is -0.831. The first-order valence-corrected chi connectivity index (χ1v) is 14.8. The number of thioether (sulfide) groups is 1. The Hall–Kier alpha value is -3.67. The van der Waals surface area contributed by atoms with Crippen LogP contribution in [0.3, 0.4) is 0 Å². The number of benzene rings is 3. The number of hydrogen-bond donors (Lipinski definition) is 2. The van der Waals surface area contributed by atoms with Crippen LogP contribution in [0.5, 0.6) is 0 Å². The number of ether oxygens (including phenoxy) is 3. The highest BCUT2D eigenvalue weighted by Gasteiger charge is 2.54. The summed E-state index contributed by atoms with van der Waals surface area (Å²) >= 11 is 7.72. The maximum Gasteiger partial charge on any atom is 0.358 e. The molecule has 5 rings (SSSR count). The molecular weight excluding hydrogens is 578 g/mol. The zero-order valence-corrected chi connectivity index (χ0v) is 24.2. The number of fused-ring (bicyclic) bond motifs is 1. The number of rotatable bonds is 13. The fraction of sp³-hybridized carbons (Fsp3) is 0.258. The van der Waals surface area contributed by atoms with Crippen molar-refractivity contribution in [2.24, 2.45) is 0 Å². The molecule has 0 radical (unpaired) electrons.